The summed E-state index contributed by atoms with van der Waals surface area (Å²) in [5.41, 5.74) is 0.955. The van der Waals surface area contributed by atoms with Crippen LogP contribution in [0.1, 0.15) is 23.5 Å². The fourth-order valence-corrected chi connectivity index (χ4v) is 3.51. The molecule has 2 atom stereocenters. The molecule has 1 fully saturated rings. The average Bonchev–Trinajstić information content (AvgIpc) is 3.07. The van der Waals surface area contributed by atoms with Gasteiger partial charge in [-0.15, -0.1) is 11.3 Å². The van der Waals surface area contributed by atoms with E-state index in [1.54, 1.807) is 0 Å². The molecule has 0 aromatic carbocycles. The molecule has 0 unspecified atom stereocenters. The first-order chi connectivity index (χ1) is 9.65. The van der Waals surface area contributed by atoms with E-state index in [1.807, 2.05) is 59.3 Å². The van der Waals surface area contributed by atoms with Crippen LogP contribution in [-0.2, 0) is 4.74 Å². The minimum atomic E-state index is 0.0951. The number of nitrogens with zero attached hydrogens (tertiary/aromatic N) is 2. The summed E-state index contributed by atoms with van der Waals surface area (Å²) in [4.78, 5) is 15.4. The fourth-order valence-electron chi connectivity index (χ4n) is 2.65. The molecular formula is C15H18N2O2S. The monoisotopic (exact) mass is 290 g/mol. The number of thiophene rings is 1. The second kappa shape index (κ2) is 5.42. The summed E-state index contributed by atoms with van der Waals surface area (Å²) in [5, 5.41) is 1.97. The van der Waals surface area contributed by atoms with Gasteiger partial charge in [0.25, 0.3) is 5.91 Å². The molecule has 5 heteroatoms. The van der Waals surface area contributed by atoms with Crippen LogP contribution in [0.5, 0.6) is 0 Å². The molecule has 2 aromatic heterocycles. The lowest BCUT2D eigenvalue weighted by atomic mass is 10.2. The van der Waals surface area contributed by atoms with Crippen molar-refractivity contribution >= 4 is 17.2 Å². The predicted octanol–water partition coefficient (Wildman–Crippen LogP) is 2.79. The van der Waals surface area contributed by atoms with Gasteiger partial charge in [0.2, 0.25) is 0 Å². The van der Waals surface area contributed by atoms with Crippen molar-refractivity contribution in [3.63, 3.8) is 0 Å². The van der Waals surface area contributed by atoms with Crippen molar-refractivity contribution in [3.8, 4) is 5.69 Å². The third-order valence-corrected chi connectivity index (χ3v) is 4.32. The number of aromatic nitrogens is 1. The highest BCUT2D eigenvalue weighted by Crippen LogP contribution is 2.24. The summed E-state index contributed by atoms with van der Waals surface area (Å²) in [6.07, 6.45) is 4.11. The lowest BCUT2D eigenvalue weighted by Crippen LogP contribution is -2.48. The van der Waals surface area contributed by atoms with Gasteiger partial charge in [-0.1, -0.05) is 0 Å². The van der Waals surface area contributed by atoms with Crippen molar-refractivity contribution in [2.24, 2.45) is 0 Å². The molecule has 1 saturated heterocycles. The molecule has 1 amide bonds. The van der Waals surface area contributed by atoms with E-state index in [0.717, 1.165) is 10.6 Å². The Morgan fingerprint density at radius 3 is 2.55 bits per heavy atom. The molecule has 0 N–H and O–H groups in total. The Hall–Kier alpha value is -1.59. The van der Waals surface area contributed by atoms with Crippen LogP contribution in [0.15, 0.2) is 36.0 Å². The van der Waals surface area contributed by atoms with Crippen LogP contribution < -0.4 is 0 Å². The van der Waals surface area contributed by atoms with Crippen LogP contribution in [-0.4, -0.2) is 40.7 Å². The highest BCUT2D eigenvalue weighted by Gasteiger charge is 2.28. The molecule has 0 aliphatic carbocycles. The second-order valence-electron chi connectivity index (χ2n) is 5.19. The largest absolute Gasteiger partial charge is 0.372 e. The molecule has 3 rings (SSSR count). The number of ether oxygens (including phenoxy) is 1. The Labute approximate surface area is 122 Å². The molecule has 1 aliphatic heterocycles. The van der Waals surface area contributed by atoms with Crippen molar-refractivity contribution in [2.45, 2.75) is 26.1 Å². The first kappa shape index (κ1) is 13.4. The van der Waals surface area contributed by atoms with Gasteiger partial charge in [-0.05, 0) is 37.4 Å². The van der Waals surface area contributed by atoms with Gasteiger partial charge in [0, 0.05) is 25.5 Å². The maximum Gasteiger partial charge on any atom is 0.266 e. The molecule has 3 heterocycles. The molecule has 0 bridgehead atoms. The minimum absolute atomic E-state index is 0.0951. The number of rotatable bonds is 2. The predicted molar refractivity (Wildman–Crippen MR) is 79.6 cm³/mol. The van der Waals surface area contributed by atoms with Gasteiger partial charge >= 0.3 is 0 Å². The van der Waals surface area contributed by atoms with Gasteiger partial charge in [-0.25, -0.2) is 0 Å². The normalized spacial score (nSPS) is 23.0. The maximum atomic E-state index is 12.7. The number of amides is 1. The van der Waals surface area contributed by atoms with Crippen LogP contribution in [0, 0.1) is 0 Å². The number of hydrogen-bond acceptors (Lipinski definition) is 3. The second-order valence-corrected chi connectivity index (χ2v) is 6.11. The lowest BCUT2D eigenvalue weighted by Gasteiger charge is -2.35. The van der Waals surface area contributed by atoms with Crippen molar-refractivity contribution in [2.75, 3.05) is 13.1 Å². The fraction of sp³-hybridized carbons (Fsp3) is 0.400. The first-order valence-corrected chi connectivity index (χ1v) is 7.68. The summed E-state index contributed by atoms with van der Waals surface area (Å²) in [6.45, 7) is 5.34. The molecule has 0 saturated carbocycles. The SMILES string of the molecule is C[C@@H]1CN(C(=O)c2sccc2-n2cccc2)C[C@H](C)O1. The van der Waals surface area contributed by atoms with Gasteiger partial charge < -0.3 is 14.2 Å². The van der Waals surface area contributed by atoms with E-state index in [1.165, 1.54) is 11.3 Å². The van der Waals surface area contributed by atoms with E-state index >= 15 is 0 Å². The number of carbonyl (C=O) groups excluding carboxylic acids is 1. The van der Waals surface area contributed by atoms with Crippen LogP contribution in [0.4, 0.5) is 0 Å². The summed E-state index contributed by atoms with van der Waals surface area (Å²) >= 11 is 1.50. The first-order valence-electron chi connectivity index (χ1n) is 6.80. The quantitative estimate of drug-likeness (QED) is 0.852. The van der Waals surface area contributed by atoms with Gasteiger partial charge in [-0.2, -0.15) is 0 Å². The Bertz CT molecular complexity index is 581. The zero-order chi connectivity index (χ0) is 14.1. The molecule has 1 aliphatic rings. The molecule has 0 spiro atoms. The topological polar surface area (TPSA) is 34.5 Å². The van der Waals surface area contributed by atoms with E-state index in [9.17, 15) is 4.79 Å². The Balaban J connectivity index is 1.86. The standard InChI is InChI=1S/C15H18N2O2S/c1-11-9-17(10-12(2)19-11)15(18)14-13(5-8-20-14)16-6-3-4-7-16/h3-8,11-12H,9-10H2,1-2H3/t11-,12+. The summed E-state index contributed by atoms with van der Waals surface area (Å²) < 4.78 is 7.67. The third-order valence-electron chi connectivity index (χ3n) is 3.43. The van der Waals surface area contributed by atoms with E-state index < -0.39 is 0 Å². The van der Waals surface area contributed by atoms with Gasteiger partial charge in [0.1, 0.15) is 4.88 Å². The molecule has 20 heavy (non-hydrogen) atoms. The van der Waals surface area contributed by atoms with Gasteiger partial charge in [0.15, 0.2) is 0 Å². The van der Waals surface area contributed by atoms with Crippen LogP contribution in [0.25, 0.3) is 5.69 Å². The number of carbonyl (C=O) groups is 1. The summed E-state index contributed by atoms with van der Waals surface area (Å²) in [6, 6.07) is 5.92. The van der Waals surface area contributed by atoms with E-state index in [0.29, 0.717) is 13.1 Å². The lowest BCUT2D eigenvalue weighted by molar-refractivity contribution is -0.0585. The molecule has 106 valence electrons. The van der Waals surface area contributed by atoms with Crippen molar-refractivity contribution in [1.29, 1.82) is 0 Å². The average molecular weight is 290 g/mol. The molecule has 4 nitrogen and oxygen atoms in total. The van der Waals surface area contributed by atoms with Crippen LogP contribution >= 0.6 is 11.3 Å². The van der Waals surface area contributed by atoms with E-state index in [-0.39, 0.29) is 18.1 Å². The van der Waals surface area contributed by atoms with Crippen LogP contribution in [0.3, 0.4) is 0 Å². The zero-order valence-corrected chi connectivity index (χ0v) is 12.5. The molecule has 0 radical (unpaired) electrons. The van der Waals surface area contributed by atoms with Gasteiger partial charge in [-0.3, -0.25) is 4.79 Å². The minimum Gasteiger partial charge on any atom is -0.372 e. The third kappa shape index (κ3) is 2.51. The number of hydrogen-bond donors (Lipinski definition) is 0. The highest BCUT2D eigenvalue weighted by atomic mass is 32.1. The maximum absolute atomic E-state index is 12.7. The molecular weight excluding hydrogens is 272 g/mol. The Morgan fingerprint density at radius 1 is 1.25 bits per heavy atom. The van der Waals surface area contributed by atoms with Crippen LogP contribution in [0.2, 0.25) is 0 Å². The number of morpholine rings is 1. The zero-order valence-electron chi connectivity index (χ0n) is 11.7. The van der Waals surface area contributed by atoms with E-state index in [4.69, 9.17) is 4.74 Å². The van der Waals surface area contributed by atoms with Crippen molar-refractivity contribution < 1.29 is 9.53 Å². The summed E-state index contributed by atoms with van der Waals surface area (Å²) in [5.74, 6) is 0.103. The van der Waals surface area contributed by atoms with Crippen molar-refractivity contribution in [1.82, 2.24) is 9.47 Å². The Kier molecular flexibility index (Phi) is 3.63. The van der Waals surface area contributed by atoms with Gasteiger partial charge in [0.05, 0.1) is 17.9 Å². The van der Waals surface area contributed by atoms with Crippen molar-refractivity contribution in [3.05, 3.63) is 40.8 Å². The highest BCUT2D eigenvalue weighted by molar-refractivity contribution is 7.12. The summed E-state index contributed by atoms with van der Waals surface area (Å²) in [7, 11) is 0. The molecule has 2 aromatic rings. The smallest absolute Gasteiger partial charge is 0.266 e. The van der Waals surface area contributed by atoms with E-state index in [2.05, 4.69) is 0 Å². The Morgan fingerprint density at radius 2 is 1.90 bits per heavy atom.